The second-order valence-electron chi connectivity index (χ2n) is 9.42. The summed E-state index contributed by atoms with van der Waals surface area (Å²) in [6.45, 7) is 9.70. The molecule has 3 N–H and O–H groups in total. The Morgan fingerprint density at radius 2 is 1.53 bits per heavy atom. The second kappa shape index (κ2) is 9.82. The molecule has 6 nitrogen and oxygen atoms in total. The Balaban J connectivity index is 1.46. The van der Waals surface area contributed by atoms with Gasteiger partial charge in [-0.1, -0.05) is 19.1 Å². The third-order valence-corrected chi connectivity index (χ3v) is 7.13. The molecule has 2 fully saturated rings. The number of amides is 1. The highest BCUT2D eigenvalue weighted by Gasteiger charge is 2.32. The zero-order valence-corrected chi connectivity index (χ0v) is 18.7. The van der Waals surface area contributed by atoms with Crippen LogP contribution in [0.5, 0.6) is 0 Å². The molecule has 0 spiro atoms. The molecule has 166 valence electrons. The summed E-state index contributed by atoms with van der Waals surface area (Å²) in [5.41, 5.74) is 10.2. The fraction of sp³-hybridized carbons (Fsp3) is 0.667. The number of carboxylic acid groups (broad SMARTS) is 1. The van der Waals surface area contributed by atoms with E-state index in [9.17, 15) is 9.59 Å². The summed E-state index contributed by atoms with van der Waals surface area (Å²) in [5.74, 6) is 0.836. The fourth-order valence-corrected chi connectivity index (χ4v) is 5.30. The van der Waals surface area contributed by atoms with Crippen molar-refractivity contribution in [2.24, 2.45) is 17.8 Å². The van der Waals surface area contributed by atoms with Gasteiger partial charge in [0, 0.05) is 24.7 Å². The summed E-state index contributed by atoms with van der Waals surface area (Å²) < 4.78 is 0. The largest absolute Gasteiger partial charge is 0.480 e. The normalized spacial score (nSPS) is 20.3. The molecular weight excluding hydrogens is 378 g/mol. The predicted molar refractivity (Wildman–Crippen MR) is 119 cm³/mol. The molecule has 30 heavy (non-hydrogen) atoms. The Morgan fingerprint density at radius 1 is 1.03 bits per heavy atom. The minimum Gasteiger partial charge on any atom is -0.480 e. The van der Waals surface area contributed by atoms with Crippen LogP contribution in [0.1, 0.15) is 49.3 Å². The number of benzene rings is 1. The van der Waals surface area contributed by atoms with Crippen LogP contribution in [0.25, 0.3) is 0 Å². The topological polar surface area (TPSA) is 86.9 Å². The molecule has 0 saturated carbocycles. The van der Waals surface area contributed by atoms with Gasteiger partial charge in [0.1, 0.15) is 0 Å². The summed E-state index contributed by atoms with van der Waals surface area (Å²) in [5, 5.41) is 8.95. The van der Waals surface area contributed by atoms with Crippen molar-refractivity contribution in [3.63, 3.8) is 0 Å². The van der Waals surface area contributed by atoms with E-state index >= 15 is 0 Å². The van der Waals surface area contributed by atoms with Crippen LogP contribution in [0.4, 0.5) is 5.69 Å². The minimum absolute atomic E-state index is 0.0248. The standard InChI is InChI=1S/C24H37N3O3/c1-16-12-19(13-17(2)23(16)25)14-18(3)24(30)27-10-6-21(7-11-27)20-4-8-26(9-5-20)15-22(28)29/h12-13,18,20-21H,4-11,14-15,25H2,1-3H3,(H,28,29)/t18-/m1/s1. The Bertz CT molecular complexity index is 740. The molecule has 0 aromatic heterocycles. The first-order valence-electron chi connectivity index (χ1n) is 11.3. The van der Waals surface area contributed by atoms with Crippen LogP contribution in [0.15, 0.2) is 12.1 Å². The number of carbonyl (C=O) groups is 2. The third-order valence-electron chi connectivity index (χ3n) is 7.13. The lowest BCUT2D eigenvalue weighted by molar-refractivity contribution is -0.138. The molecule has 1 amide bonds. The molecule has 0 radical (unpaired) electrons. The third kappa shape index (κ3) is 5.54. The van der Waals surface area contributed by atoms with Crippen LogP contribution in [0, 0.1) is 31.6 Å². The quantitative estimate of drug-likeness (QED) is 0.697. The van der Waals surface area contributed by atoms with Gasteiger partial charge >= 0.3 is 5.97 Å². The number of carboxylic acids is 1. The Kier molecular flexibility index (Phi) is 7.40. The summed E-state index contributed by atoms with van der Waals surface area (Å²) in [7, 11) is 0. The molecule has 2 heterocycles. The number of likely N-dealkylation sites (tertiary alicyclic amines) is 2. The van der Waals surface area contributed by atoms with Crippen molar-refractivity contribution < 1.29 is 14.7 Å². The molecule has 0 bridgehead atoms. The molecule has 0 aliphatic carbocycles. The SMILES string of the molecule is Cc1cc(C[C@@H](C)C(=O)N2CCC(C3CCN(CC(=O)O)CC3)CC2)cc(C)c1N. The van der Waals surface area contributed by atoms with Gasteiger partial charge in [-0.3, -0.25) is 14.5 Å². The van der Waals surface area contributed by atoms with Gasteiger partial charge in [0.05, 0.1) is 6.54 Å². The van der Waals surface area contributed by atoms with Gasteiger partial charge in [0.15, 0.2) is 0 Å². The highest BCUT2D eigenvalue weighted by atomic mass is 16.4. The van der Waals surface area contributed by atoms with Crippen molar-refractivity contribution in [3.8, 4) is 0 Å². The van der Waals surface area contributed by atoms with Crippen molar-refractivity contribution in [1.29, 1.82) is 0 Å². The van der Waals surface area contributed by atoms with Gasteiger partial charge in [-0.2, -0.15) is 0 Å². The molecule has 6 heteroatoms. The fourth-order valence-electron chi connectivity index (χ4n) is 5.30. The van der Waals surface area contributed by atoms with Crippen molar-refractivity contribution in [1.82, 2.24) is 9.80 Å². The Hall–Kier alpha value is -2.08. The molecule has 2 saturated heterocycles. The first-order valence-corrected chi connectivity index (χ1v) is 11.3. The van der Waals surface area contributed by atoms with Crippen LogP contribution >= 0.6 is 0 Å². The molecule has 3 rings (SSSR count). The lowest BCUT2D eigenvalue weighted by Crippen LogP contribution is -2.45. The van der Waals surface area contributed by atoms with E-state index in [0.29, 0.717) is 11.8 Å². The van der Waals surface area contributed by atoms with Crippen molar-refractivity contribution in [2.75, 3.05) is 38.5 Å². The molecule has 2 aliphatic heterocycles. The Labute approximate surface area is 180 Å². The van der Waals surface area contributed by atoms with Crippen LogP contribution in [0.2, 0.25) is 0 Å². The zero-order chi connectivity index (χ0) is 21.8. The number of aliphatic carboxylic acids is 1. The highest BCUT2D eigenvalue weighted by molar-refractivity contribution is 5.79. The number of rotatable bonds is 6. The van der Waals surface area contributed by atoms with Crippen LogP contribution in [-0.2, 0) is 16.0 Å². The Morgan fingerprint density at radius 3 is 2.03 bits per heavy atom. The summed E-state index contributed by atoms with van der Waals surface area (Å²) in [6.07, 6.45) is 5.06. The van der Waals surface area contributed by atoms with Gasteiger partial charge in [-0.05, 0) is 87.6 Å². The smallest absolute Gasteiger partial charge is 0.317 e. The first kappa shape index (κ1) is 22.6. The summed E-state index contributed by atoms with van der Waals surface area (Å²) >= 11 is 0. The number of hydrogen-bond acceptors (Lipinski definition) is 4. The van der Waals surface area contributed by atoms with Gasteiger partial charge in [0.25, 0.3) is 0 Å². The van der Waals surface area contributed by atoms with Crippen LogP contribution in [-0.4, -0.2) is 59.5 Å². The number of nitrogen functional groups attached to an aromatic ring is 1. The molecule has 1 atom stereocenters. The van der Waals surface area contributed by atoms with Gasteiger partial charge in [-0.15, -0.1) is 0 Å². The minimum atomic E-state index is -0.737. The van der Waals surface area contributed by atoms with Gasteiger partial charge < -0.3 is 15.7 Å². The lowest BCUT2D eigenvalue weighted by Gasteiger charge is -2.40. The average molecular weight is 416 g/mol. The lowest BCUT2D eigenvalue weighted by atomic mass is 9.78. The number of carbonyl (C=O) groups excluding carboxylic acids is 1. The molecule has 1 aromatic rings. The van der Waals surface area contributed by atoms with E-state index in [-0.39, 0.29) is 18.4 Å². The van der Waals surface area contributed by atoms with E-state index in [1.165, 1.54) is 5.56 Å². The molecule has 1 aromatic carbocycles. The maximum absolute atomic E-state index is 13.0. The van der Waals surface area contributed by atoms with Crippen LogP contribution in [0.3, 0.4) is 0 Å². The maximum atomic E-state index is 13.0. The molecule has 0 unspecified atom stereocenters. The monoisotopic (exact) mass is 415 g/mol. The van der Waals surface area contributed by atoms with E-state index in [4.69, 9.17) is 10.8 Å². The second-order valence-corrected chi connectivity index (χ2v) is 9.42. The molecule has 2 aliphatic rings. The number of anilines is 1. The van der Waals surface area contributed by atoms with Crippen molar-refractivity contribution in [3.05, 3.63) is 28.8 Å². The average Bonchev–Trinajstić information content (AvgIpc) is 2.71. The number of aryl methyl sites for hydroxylation is 2. The predicted octanol–water partition coefficient (Wildman–Crippen LogP) is 3.10. The first-order chi connectivity index (χ1) is 14.2. The van der Waals surface area contributed by atoms with E-state index in [1.807, 2.05) is 25.7 Å². The van der Waals surface area contributed by atoms with E-state index in [1.54, 1.807) is 0 Å². The van der Waals surface area contributed by atoms with Gasteiger partial charge in [0.2, 0.25) is 5.91 Å². The number of nitrogens with zero attached hydrogens (tertiary/aromatic N) is 2. The van der Waals surface area contributed by atoms with Gasteiger partial charge in [-0.25, -0.2) is 0 Å². The summed E-state index contributed by atoms with van der Waals surface area (Å²) in [6, 6.07) is 4.21. The van der Waals surface area contributed by atoms with Crippen LogP contribution < -0.4 is 5.73 Å². The van der Waals surface area contributed by atoms with Crippen molar-refractivity contribution in [2.45, 2.75) is 52.9 Å². The summed E-state index contributed by atoms with van der Waals surface area (Å²) in [4.78, 5) is 28.0. The van der Waals surface area contributed by atoms with E-state index < -0.39 is 5.97 Å². The molecular formula is C24H37N3O3. The van der Waals surface area contributed by atoms with E-state index in [0.717, 1.165) is 75.1 Å². The number of piperidine rings is 2. The zero-order valence-electron chi connectivity index (χ0n) is 18.7. The van der Waals surface area contributed by atoms with Crippen molar-refractivity contribution >= 4 is 17.6 Å². The number of nitrogens with two attached hydrogens (primary N) is 1. The van der Waals surface area contributed by atoms with E-state index in [2.05, 4.69) is 17.0 Å². The highest BCUT2D eigenvalue weighted by Crippen LogP contribution is 2.33. The number of hydrogen-bond donors (Lipinski definition) is 2. The maximum Gasteiger partial charge on any atom is 0.317 e.